The highest BCUT2D eigenvalue weighted by atomic mass is 16.3. The van der Waals surface area contributed by atoms with Gasteiger partial charge in [-0.05, 0) is 49.5 Å². The van der Waals surface area contributed by atoms with Crippen LogP contribution in [-0.2, 0) is 6.54 Å². The van der Waals surface area contributed by atoms with E-state index in [9.17, 15) is 5.11 Å². The summed E-state index contributed by atoms with van der Waals surface area (Å²) in [6.07, 6.45) is 5.72. The van der Waals surface area contributed by atoms with Crippen LogP contribution in [-0.4, -0.2) is 60.8 Å². The van der Waals surface area contributed by atoms with Crippen molar-refractivity contribution in [3.8, 4) is 11.3 Å². The Hall–Kier alpha value is -3.36. The number of rotatable bonds is 8. The lowest BCUT2D eigenvalue weighted by molar-refractivity contribution is 0.163. The Morgan fingerprint density at radius 3 is 2.54 bits per heavy atom. The fourth-order valence-corrected chi connectivity index (χ4v) is 4.68. The third-order valence-electron chi connectivity index (χ3n) is 6.77. The van der Waals surface area contributed by atoms with E-state index in [1.165, 1.54) is 0 Å². The molecule has 0 unspecified atom stereocenters. The van der Waals surface area contributed by atoms with E-state index in [0.717, 1.165) is 72.3 Å². The highest BCUT2D eigenvalue weighted by Crippen LogP contribution is 2.29. The monoisotopic (exact) mass is 471 g/mol. The highest BCUT2D eigenvalue weighted by Gasteiger charge is 2.25. The molecule has 0 bridgehead atoms. The molecule has 1 aromatic carbocycles. The van der Waals surface area contributed by atoms with Gasteiger partial charge in [0.1, 0.15) is 5.82 Å². The van der Waals surface area contributed by atoms with Crippen LogP contribution in [0, 0.1) is 0 Å². The van der Waals surface area contributed by atoms with Crippen molar-refractivity contribution in [1.82, 2.24) is 29.5 Å². The van der Waals surface area contributed by atoms with Crippen molar-refractivity contribution >= 4 is 11.6 Å². The Morgan fingerprint density at radius 1 is 1.06 bits per heavy atom. The van der Waals surface area contributed by atoms with Crippen molar-refractivity contribution in [2.45, 2.75) is 45.1 Å². The van der Waals surface area contributed by atoms with Crippen LogP contribution in [0.3, 0.4) is 0 Å². The van der Waals surface area contributed by atoms with E-state index in [1.54, 1.807) is 0 Å². The molecule has 1 aliphatic heterocycles. The summed E-state index contributed by atoms with van der Waals surface area (Å²) in [5.41, 5.74) is 5.25. The molecule has 0 aliphatic carbocycles. The average Bonchev–Trinajstić information content (AvgIpc) is 3.33. The standard InChI is InChI=1S/C27H33N7O/c1-19(2)23-18-30-34-26(23)31-25(22-10-13-33(14-11-22)15-16-35)32-27(34)29-17-20-6-8-21(9-7-20)24-5-3-4-12-28-24/h3-9,12,18-19,22,35H,10-11,13-17H2,1-2H3,(H,29,31,32). The molecule has 0 atom stereocenters. The first kappa shape index (κ1) is 23.4. The number of aliphatic hydroxyl groups is 1. The zero-order valence-corrected chi connectivity index (χ0v) is 20.4. The van der Waals surface area contributed by atoms with Gasteiger partial charge in [0, 0.05) is 36.3 Å². The number of anilines is 1. The van der Waals surface area contributed by atoms with Gasteiger partial charge in [-0.15, -0.1) is 0 Å². The third kappa shape index (κ3) is 5.18. The van der Waals surface area contributed by atoms with Crippen LogP contribution in [0.2, 0.25) is 0 Å². The molecule has 1 aliphatic rings. The summed E-state index contributed by atoms with van der Waals surface area (Å²) in [7, 11) is 0. The number of likely N-dealkylation sites (tertiary alicyclic amines) is 1. The molecule has 5 rings (SSSR count). The zero-order valence-electron chi connectivity index (χ0n) is 20.4. The molecule has 1 saturated heterocycles. The molecular weight excluding hydrogens is 438 g/mol. The summed E-state index contributed by atoms with van der Waals surface area (Å²) in [6.45, 7) is 7.84. The minimum atomic E-state index is 0.206. The van der Waals surface area contributed by atoms with Crippen molar-refractivity contribution in [3.63, 3.8) is 0 Å². The summed E-state index contributed by atoms with van der Waals surface area (Å²) < 4.78 is 1.84. The van der Waals surface area contributed by atoms with Crippen LogP contribution in [0.25, 0.3) is 16.9 Å². The number of hydrogen-bond donors (Lipinski definition) is 2. The predicted molar refractivity (Wildman–Crippen MR) is 137 cm³/mol. The second kappa shape index (κ2) is 10.5. The fourth-order valence-electron chi connectivity index (χ4n) is 4.68. The molecule has 2 N–H and O–H groups in total. The maximum Gasteiger partial charge on any atom is 0.227 e. The van der Waals surface area contributed by atoms with Gasteiger partial charge in [0.25, 0.3) is 0 Å². The number of piperidine rings is 1. The van der Waals surface area contributed by atoms with Crippen molar-refractivity contribution in [3.05, 3.63) is 71.8 Å². The Bertz CT molecular complexity index is 1250. The molecule has 35 heavy (non-hydrogen) atoms. The van der Waals surface area contributed by atoms with Crippen molar-refractivity contribution in [2.24, 2.45) is 0 Å². The number of pyridine rings is 1. The van der Waals surface area contributed by atoms with E-state index in [2.05, 4.69) is 58.4 Å². The lowest BCUT2D eigenvalue weighted by Gasteiger charge is -2.30. The predicted octanol–water partition coefficient (Wildman–Crippen LogP) is 4.09. The number of aliphatic hydroxyl groups excluding tert-OH is 1. The van der Waals surface area contributed by atoms with Gasteiger partial charge >= 0.3 is 0 Å². The summed E-state index contributed by atoms with van der Waals surface area (Å²) in [5.74, 6) is 2.25. The Morgan fingerprint density at radius 2 is 1.86 bits per heavy atom. The number of aromatic nitrogens is 5. The summed E-state index contributed by atoms with van der Waals surface area (Å²) in [6, 6.07) is 14.4. The average molecular weight is 472 g/mol. The van der Waals surface area contributed by atoms with Gasteiger partial charge in [-0.3, -0.25) is 4.98 Å². The minimum Gasteiger partial charge on any atom is -0.395 e. The largest absolute Gasteiger partial charge is 0.395 e. The molecule has 4 heterocycles. The maximum atomic E-state index is 9.25. The number of β-amino-alcohol motifs (C(OH)–C–C–N with tert-alkyl or cyclic N) is 1. The van der Waals surface area contributed by atoms with Gasteiger partial charge < -0.3 is 15.3 Å². The van der Waals surface area contributed by atoms with E-state index in [-0.39, 0.29) is 6.61 Å². The normalized spacial score (nSPS) is 15.2. The van der Waals surface area contributed by atoms with Crippen LogP contribution >= 0.6 is 0 Å². The number of benzene rings is 1. The Labute approximate surface area is 206 Å². The molecule has 0 spiro atoms. The quantitative estimate of drug-likeness (QED) is 0.400. The minimum absolute atomic E-state index is 0.206. The Balaban J connectivity index is 1.38. The van der Waals surface area contributed by atoms with Gasteiger partial charge in [-0.2, -0.15) is 14.6 Å². The second-order valence-electron chi connectivity index (χ2n) is 9.50. The highest BCUT2D eigenvalue weighted by molar-refractivity contribution is 5.59. The van der Waals surface area contributed by atoms with Crippen molar-refractivity contribution in [1.29, 1.82) is 0 Å². The zero-order chi connectivity index (χ0) is 24.2. The Kier molecular flexibility index (Phi) is 7.01. The number of fused-ring (bicyclic) bond motifs is 1. The second-order valence-corrected chi connectivity index (χ2v) is 9.50. The van der Waals surface area contributed by atoms with Gasteiger partial charge in [0.05, 0.1) is 18.5 Å². The lowest BCUT2D eigenvalue weighted by Crippen LogP contribution is -2.35. The van der Waals surface area contributed by atoms with Crippen LogP contribution in [0.4, 0.5) is 5.95 Å². The SMILES string of the molecule is CC(C)c1cnn2c(NCc3ccc(-c4ccccn4)cc3)nc(C3CCN(CCO)CC3)nc12. The molecular formula is C27H33N7O. The number of hydrogen-bond acceptors (Lipinski definition) is 7. The first-order valence-electron chi connectivity index (χ1n) is 12.5. The van der Waals surface area contributed by atoms with E-state index in [0.29, 0.717) is 18.4 Å². The molecule has 8 nitrogen and oxygen atoms in total. The molecule has 182 valence electrons. The summed E-state index contributed by atoms with van der Waals surface area (Å²) in [4.78, 5) is 16.7. The van der Waals surface area contributed by atoms with Crippen LogP contribution in [0.5, 0.6) is 0 Å². The molecule has 0 radical (unpaired) electrons. The number of nitrogens with one attached hydrogen (secondary N) is 1. The first-order valence-corrected chi connectivity index (χ1v) is 12.5. The third-order valence-corrected chi connectivity index (χ3v) is 6.77. The lowest BCUT2D eigenvalue weighted by atomic mass is 9.96. The van der Waals surface area contributed by atoms with Crippen molar-refractivity contribution < 1.29 is 5.11 Å². The molecule has 0 amide bonds. The molecule has 3 aromatic heterocycles. The van der Waals surface area contributed by atoms with Crippen LogP contribution < -0.4 is 5.32 Å². The van der Waals surface area contributed by atoms with Gasteiger partial charge in [0.15, 0.2) is 5.65 Å². The van der Waals surface area contributed by atoms with E-state index >= 15 is 0 Å². The maximum absolute atomic E-state index is 9.25. The molecule has 8 heteroatoms. The van der Waals surface area contributed by atoms with Gasteiger partial charge in [-0.25, -0.2) is 4.98 Å². The van der Waals surface area contributed by atoms with E-state index in [4.69, 9.17) is 9.97 Å². The first-order chi connectivity index (χ1) is 17.1. The molecule has 0 saturated carbocycles. The summed E-state index contributed by atoms with van der Waals surface area (Å²) in [5, 5.41) is 17.4. The molecule has 4 aromatic rings. The van der Waals surface area contributed by atoms with Crippen LogP contribution in [0.15, 0.2) is 54.9 Å². The number of nitrogens with zero attached hydrogens (tertiary/aromatic N) is 6. The van der Waals surface area contributed by atoms with Gasteiger partial charge in [0.2, 0.25) is 5.95 Å². The smallest absolute Gasteiger partial charge is 0.227 e. The van der Waals surface area contributed by atoms with E-state index < -0.39 is 0 Å². The fraction of sp³-hybridized carbons (Fsp3) is 0.407. The topological polar surface area (TPSA) is 91.5 Å². The van der Waals surface area contributed by atoms with Crippen molar-refractivity contribution in [2.75, 3.05) is 31.6 Å². The van der Waals surface area contributed by atoms with E-state index in [1.807, 2.05) is 35.1 Å². The summed E-state index contributed by atoms with van der Waals surface area (Å²) >= 11 is 0. The van der Waals surface area contributed by atoms with Crippen LogP contribution in [0.1, 0.15) is 55.5 Å². The van der Waals surface area contributed by atoms with Gasteiger partial charge in [-0.1, -0.05) is 44.2 Å². The molecule has 1 fully saturated rings.